The molecule has 5 heteroatoms. The summed E-state index contributed by atoms with van der Waals surface area (Å²) in [5, 5.41) is 3.25. The van der Waals surface area contributed by atoms with Gasteiger partial charge in [0, 0.05) is 35.3 Å². The van der Waals surface area contributed by atoms with Crippen molar-refractivity contribution in [2.75, 3.05) is 30.3 Å². The van der Waals surface area contributed by atoms with Crippen LogP contribution in [0.4, 0.5) is 0 Å². The smallest absolute Gasteiger partial charge is 0.271 e. The summed E-state index contributed by atoms with van der Waals surface area (Å²) in [5.41, 5.74) is 0.897. The molecule has 0 radical (unpaired) electrons. The summed E-state index contributed by atoms with van der Waals surface area (Å²) < 4.78 is 0. The van der Waals surface area contributed by atoms with Crippen LogP contribution < -0.4 is 5.32 Å². The van der Waals surface area contributed by atoms with Crippen molar-refractivity contribution < 1.29 is 4.79 Å². The molecule has 0 aromatic rings. The minimum atomic E-state index is 0.234. The SMILES string of the molecule is O=C1C2=C(SCCN2)C2CSCCN12. The highest BCUT2D eigenvalue weighted by molar-refractivity contribution is 8.03. The second-order valence-corrected chi connectivity index (χ2v) is 5.89. The van der Waals surface area contributed by atoms with Crippen LogP contribution in [0.25, 0.3) is 0 Å². The third-order valence-electron chi connectivity index (χ3n) is 2.81. The highest BCUT2D eigenvalue weighted by Gasteiger charge is 2.41. The molecule has 14 heavy (non-hydrogen) atoms. The largest absolute Gasteiger partial charge is 0.379 e. The van der Waals surface area contributed by atoms with E-state index in [4.69, 9.17) is 0 Å². The van der Waals surface area contributed by atoms with Crippen molar-refractivity contribution in [1.29, 1.82) is 0 Å². The van der Waals surface area contributed by atoms with Crippen LogP contribution in [-0.2, 0) is 4.79 Å². The molecule has 3 nitrogen and oxygen atoms in total. The Labute approximate surface area is 91.7 Å². The van der Waals surface area contributed by atoms with Gasteiger partial charge in [0.25, 0.3) is 5.91 Å². The molecule has 3 aliphatic heterocycles. The number of thioether (sulfide) groups is 2. The molecule has 1 amide bonds. The lowest BCUT2D eigenvalue weighted by atomic mass is 10.3. The van der Waals surface area contributed by atoms with E-state index in [1.54, 1.807) is 0 Å². The molecule has 0 aliphatic carbocycles. The molecule has 76 valence electrons. The lowest BCUT2D eigenvalue weighted by molar-refractivity contribution is -0.126. The number of nitrogens with one attached hydrogen (secondary N) is 1. The Bertz CT molecular complexity index is 316. The molecule has 3 rings (SSSR count). The second kappa shape index (κ2) is 3.38. The first-order chi connectivity index (χ1) is 6.88. The minimum Gasteiger partial charge on any atom is -0.379 e. The summed E-state index contributed by atoms with van der Waals surface area (Å²) in [6.45, 7) is 1.85. The second-order valence-electron chi connectivity index (χ2n) is 3.60. The fourth-order valence-electron chi connectivity index (χ4n) is 2.15. The topological polar surface area (TPSA) is 32.3 Å². The van der Waals surface area contributed by atoms with E-state index in [1.807, 2.05) is 28.4 Å². The molecular formula is C9H12N2OS2. The number of carbonyl (C=O) groups excluding carboxylic acids is 1. The van der Waals surface area contributed by atoms with Gasteiger partial charge >= 0.3 is 0 Å². The molecule has 0 aromatic carbocycles. The van der Waals surface area contributed by atoms with Crippen LogP contribution in [0.3, 0.4) is 0 Å². The van der Waals surface area contributed by atoms with E-state index in [0.717, 1.165) is 36.0 Å². The van der Waals surface area contributed by atoms with Crippen LogP contribution in [0.5, 0.6) is 0 Å². The van der Waals surface area contributed by atoms with Crippen molar-refractivity contribution in [2.24, 2.45) is 0 Å². The molecule has 1 saturated heterocycles. The van der Waals surface area contributed by atoms with E-state index in [0.29, 0.717) is 6.04 Å². The van der Waals surface area contributed by atoms with E-state index in [1.165, 1.54) is 4.91 Å². The molecule has 0 spiro atoms. The van der Waals surface area contributed by atoms with Gasteiger partial charge in [-0.15, -0.1) is 11.8 Å². The summed E-state index contributed by atoms with van der Waals surface area (Å²) in [6, 6.07) is 0.383. The molecule has 0 aromatic heterocycles. The summed E-state index contributed by atoms with van der Waals surface area (Å²) in [7, 11) is 0. The van der Waals surface area contributed by atoms with Crippen molar-refractivity contribution in [3.63, 3.8) is 0 Å². The fourth-order valence-corrected chi connectivity index (χ4v) is 4.45. The normalized spacial score (nSPS) is 31.3. The highest BCUT2D eigenvalue weighted by Crippen LogP contribution is 2.38. The summed E-state index contributed by atoms with van der Waals surface area (Å²) in [6.07, 6.45) is 0. The molecule has 0 saturated carbocycles. The van der Waals surface area contributed by atoms with E-state index >= 15 is 0 Å². The van der Waals surface area contributed by atoms with Gasteiger partial charge in [0.15, 0.2) is 0 Å². The first kappa shape index (κ1) is 8.97. The Kier molecular flexibility index (Phi) is 2.17. The first-order valence-electron chi connectivity index (χ1n) is 4.87. The zero-order valence-electron chi connectivity index (χ0n) is 7.78. The maximum absolute atomic E-state index is 12.0. The van der Waals surface area contributed by atoms with Crippen LogP contribution in [0, 0.1) is 0 Å². The van der Waals surface area contributed by atoms with Gasteiger partial charge in [-0.2, -0.15) is 11.8 Å². The number of nitrogens with zero attached hydrogens (tertiary/aromatic N) is 1. The lowest BCUT2D eigenvalue weighted by Gasteiger charge is -2.30. The number of fused-ring (bicyclic) bond motifs is 2. The van der Waals surface area contributed by atoms with Crippen LogP contribution in [-0.4, -0.2) is 47.2 Å². The molecule has 3 aliphatic rings. The Morgan fingerprint density at radius 2 is 2.36 bits per heavy atom. The standard InChI is InChI=1S/C9H12N2OS2/c12-9-7-8(14-3-1-10-7)6-5-13-4-2-11(6)9/h6,10H,1-5H2. The molecule has 3 heterocycles. The Hall–Kier alpha value is -0.290. The maximum atomic E-state index is 12.0. The Morgan fingerprint density at radius 1 is 1.43 bits per heavy atom. The van der Waals surface area contributed by atoms with Gasteiger partial charge in [-0.1, -0.05) is 0 Å². The highest BCUT2D eigenvalue weighted by atomic mass is 32.2. The van der Waals surface area contributed by atoms with E-state index < -0.39 is 0 Å². The zero-order valence-corrected chi connectivity index (χ0v) is 9.42. The maximum Gasteiger partial charge on any atom is 0.271 e. The molecule has 1 fully saturated rings. The van der Waals surface area contributed by atoms with Gasteiger partial charge in [-0.3, -0.25) is 4.79 Å². The van der Waals surface area contributed by atoms with Gasteiger partial charge in [0.1, 0.15) is 5.70 Å². The fraction of sp³-hybridized carbons (Fsp3) is 0.667. The van der Waals surface area contributed by atoms with Crippen LogP contribution >= 0.6 is 23.5 Å². The number of amides is 1. The average molecular weight is 228 g/mol. The number of hydrogen-bond acceptors (Lipinski definition) is 4. The lowest BCUT2D eigenvalue weighted by Crippen LogP contribution is -2.42. The van der Waals surface area contributed by atoms with Crippen LogP contribution in [0.15, 0.2) is 10.6 Å². The molecular weight excluding hydrogens is 216 g/mol. The zero-order chi connectivity index (χ0) is 9.54. The first-order valence-corrected chi connectivity index (χ1v) is 7.01. The predicted molar refractivity (Wildman–Crippen MR) is 60.3 cm³/mol. The van der Waals surface area contributed by atoms with E-state index in [-0.39, 0.29) is 5.91 Å². The number of hydrogen-bond donors (Lipinski definition) is 1. The monoisotopic (exact) mass is 228 g/mol. The Balaban J connectivity index is 1.96. The minimum absolute atomic E-state index is 0.234. The van der Waals surface area contributed by atoms with Crippen molar-refractivity contribution >= 4 is 29.4 Å². The third kappa shape index (κ3) is 1.18. The average Bonchev–Trinajstić information content (AvgIpc) is 2.55. The quantitative estimate of drug-likeness (QED) is 0.654. The number of carbonyl (C=O) groups is 1. The van der Waals surface area contributed by atoms with Gasteiger partial charge in [0.2, 0.25) is 0 Å². The summed E-state index contributed by atoms with van der Waals surface area (Å²) in [5.74, 6) is 3.51. The molecule has 0 bridgehead atoms. The van der Waals surface area contributed by atoms with Crippen LogP contribution in [0.1, 0.15) is 0 Å². The van der Waals surface area contributed by atoms with Crippen molar-refractivity contribution in [3.8, 4) is 0 Å². The number of rotatable bonds is 0. The third-order valence-corrected chi connectivity index (χ3v) is 5.03. The molecule has 1 N–H and O–H groups in total. The van der Waals surface area contributed by atoms with Gasteiger partial charge in [0.05, 0.1) is 6.04 Å². The van der Waals surface area contributed by atoms with E-state index in [2.05, 4.69) is 5.32 Å². The molecule has 1 atom stereocenters. The van der Waals surface area contributed by atoms with Gasteiger partial charge in [-0.25, -0.2) is 0 Å². The van der Waals surface area contributed by atoms with E-state index in [9.17, 15) is 4.79 Å². The van der Waals surface area contributed by atoms with Crippen molar-refractivity contribution in [3.05, 3.63) is 10.6 Å². The molecule has 1 unspecified atom stereocenters. The van der Waals surface area contributed by atoms with Gasteiger partial charge in [-0.05, 0) is 0 Å². The van der Waals surface area contributed by atoms with Crippen molar-refractivity contribution in [1.82, 2.24) is 10.2 Å². The Morgan fingerprint density at radius 3 is 3.29 bits per heavy atom. The van der Waals surface area contributed by atoms with Crippen LogP contribution in [0.2, 0.25) is 0 Å². The summed E-state index contributed by atoms with van der Waals surface area (Å²) >= 11 is 3.82. The van der Waals surface area contributed by atoms with Gasteiger partial charge < -0.3 is 10.2 Å². The summed E-state index contributed by atoms with van der Waals surface area (Å²) in [4.78, 5) is 15.3. The van der Waals surface area contributed by atoms with Crippen molar-refractivity contribution in [2.45, 2.75) is 6.04 Å². The predicted octanol–water partition coefficient (Wildman–Crippen LogP) is 0.492.